The van der Waals surface area contributed by atoms with Crippen molar-refractivity contribution in [2.24, 2.45) is 0 Å². The lowest BCUT2D eigenvalue weighted by Crippen LogP contribution is -2.43. The first-order valence-electron chi connectivity index (χ1n) is 10.2. The molecule has 0 aliphatic carbocycles. The maximum Gasteiger partial charge on any atom is 0.335 e. The average Bonchev–Trinajstić information content (AvgIpc) is 3.34. The highest BCUT2D eigenvalue weighted by Gasteiger charge is 2.36. The maximum absolute atomic E-state index is 12.8. The Labute approximate surface area is 190 Å². The second-order valence-corrected chi connectivity index (χ2v) is 8.27. The summed E-state index contributed by atoms with van der Waals surface area (Å²) in [7, 11) is 0. The zero-order valence-corrected chi connectivity index (χ0v) is 18.1. The Morgan fingerprint density at radius 3 is 2.34 bits per heavy atom. The summed E-state index contributed by atoms with van der Waals surface area (Å²) in [5, 5.41) is 2.86. The Kier molecular flexibility index (Phi) is 6.87. The van der Waals surface area contributed by atoms with Crippen LogP contribution < -0.4 is 10.1 Å². The molecule has 4 rings (SSSR count). The number of carbonyl (C=O) groups excluding carboxylic acids is 3. The quantitative estimate of drug-likeness (QED) is 0.461. The first-order chi connectivity index (χ1) is 15.6. The van der Waals surface area contributed by atoms with Crippen molar-refractivity contribution in [1.29, 1.82) is 0 Å². The van der Waals surface area contributed by atoms with E-state index in [1.807, 2.05) is 36.4 Å². The van der Waals surface area contributed by atoms with E-state index in [1.165, 1.54) is 22.7 Å². The van der Waals surface area contributed by atoms with Gasteiger partial charge in [-0.1, -0.05) is 54.6 Å². The molecule has 0 saturated carbocycles. The third kappa shape index (κ3) is 5.18. The van der Waals surface area contributed by atoms with Gasteiger partial charge in [0.05, 0.1) is 5.88 Å². The number of carbonyl (C=O) groups is 3. The van der Waals surface area contributed by atoms with E-state index in [0.29, 0.717) is 29.3 Å². The van der Waals surface area contributed by atoms with E-state index in [-0.39, 0.29) is 17.6 Å². The highest BCUT2D eigenvalue weighted by atomic mass is 32.2. The Morgan fingerprint density at radius 2 is 1.59 bits per heavy atom. The number of hydrogen-bond acceptors (Lipinski definition) is 5. The number of hydrogen-bond donors (Lipinski definition) is 1. The normalized spacial score (nSPS) is 15.2. The van der Waals surface area contributed by atoms with E-state index in [2.05, 4.69) is 5.32 Å². The maximum atomic E-state index is 12.8. The van der Waals surface area contributed by atoms with E-state index in [4.69, 9.17) is 4.74 Å². The van der Waals surface area contributed by atoms with E-state index >= 15 is 0 Å². The third-order valence-corrected chi connectivity index (χ3v) is 6.06. The predicted molar refractivity (Wildman–Crippen MR) is 123 cm³/mol. The standard InChI is InChI=1S/C25H22N2O4S/c28-23(26-15-18-8-3-1-4-9-18)20-12-7-13-21(14-20)31-25(30)22-16-32-17-27(22)24(29)19-10-5-2-6-11-19/h1-14,22H,15-17H2,(H,26,28)/t22-/m0/s1. The highest BCUT2D eigenvalue weighted by molar-refractivity contribution is 7.99. The molecule has 0 bridgehead atoms. The molecule has 1 N–H and O–H groups in total. The van der Waals surface area contributed by atoms with Gasteiger partial charge in [-0.2, -0.15) is 0 Å². The smallest absolute Gasteiger partial charge is 0.335 e. The Balaban J connectivity index is 1.40. The minimum Gasteiger partial charge on any atom is -0.425 e. The molecule has 32 heavy (non-hydrogen) atoms. The molecule has 1 fully saturated rings. The van der Waals surface area contributed by atoms with Crippen LogP contribution in [0.25, 0.3) is 0 Å². The summed E-state index contributed by atoms with van der Waals surface area (Å²) < 4.78 is 5.54. The van der Waals surface area contributed by atoms with Crippen molar-refractivity contribution in [2.45, 2.75) is 12.6 Å². The molecule has 1 aliphatic rings. The lowest BCUT2D eigenvalue weighted by Gasteiger charge is -2.22. The lowest BCUT2D eigenvalue weighted by molar-refractivity contribution is -0.138. The Hall–Kier alpha value is -3.58. The predicted octanol–water partition coefficient (Wildman–Crippen LogP) is 3.74. The van der Waals surface area contributed by atoms with Crippen LogP contribution in [-0.2, 0) is 11.3 Å². The summed E-state index contributed by atoms with van der Waals surface area (Å²) in [6.07, 6.45) is 0. The van der Waals surface area contributed by atoms with Gasteiger partial charge in [0.15, 0.2) is 0 Å². The molecule has 1 heterocycles. The van der Waals surface area contributed by atoms with Crippen molar-refractivity contribution in [1.82, 2.24) is 10.2 Å². The van der Waals surface area contributed by atoms with Crippen molar-refractivity contribution in [3.05, 3.63) is 102 Å². The van der Waals surface area contributed by atoms with Crippen molar-refractivity contribution >= 4 is 29.5 Å². The first-order valence-corrected chi connectivity index (χ1v) is 11.3. The van der Waals surface area contributed by atoms with E-state index < -0.39 is 12.0 Å². The molecule has 0 radical (unpaired) electrons. The molecule has 3 aromatic carbocycles. The minimum atomic E-state index is -0.678. The van der Waals surface area contributed by atoms with E-state index in [9.17, 15) is 14.4 Å². The van der Waals surface area contributed by atoms with Gasteiger partial charge in [-0.25, -0.2) is 4.79 Å². The number of amides is 2. The molecule has 0 aromatic heterocycles. The van der Waals surface area contributed by atoms with Gasteiger partial charge >= 0.3 is 5.97 Å². The number of esters is 1. The number of nitrogens with one attached hydrogen (secondary N) is 1. The molecule has 1 atom stereocenters. The summed E-state index contributed by atoms with van der Waals surface area (Å²) in [6.45, 7) is 0.402. The fourth-order valence-corrected chi connectivity index (χ4v) is 4.49. The van der Waals surface area contributed by atoms with Crippen LogP contribution >= 0.6 is 11.8 Å². The van der Waals surface area contributed by atoms with Crippen molar-refractivity contribution < 1.29 is 19.1 Å². The number of benzene rings is 3. The van der Waals surface area contributed by atoms with Gasteiger partial charge in [0, 0.05) is 23.4 Å². The average molecular weight is 447 g/mol. The number of nitrogens with zero attached hydrogens (tertiary/aromatic N) is 1. The van der Waals surface area contributed by atoms with Gasteiger partial charge in [-0.15, -0.1) is 11.8 Å². The number of ether oxygens (including phenoxy) is 1. The Bertz CT molecular complexity index is 1110. The van der Waals surface area contributed by atoms with Crippen LogP contribution in [0.5, 0.6) is 5.75 Å². The summed E-state index contributed by atoms with van der Waals surface area (Å²) in [5.41, 5.74) is 1.92. The summed E-state index contributed by atoms with van der Waals surface area (Å²) in [6, 6.07) is 24.3. The monoisotopic (exact) mass is 446 g/mol. The molecule has 6 nitrogen and oxygen atoms in total. The van der Waals surface area contributed by atoms with Crippen LogP contribution in [0, 0.1) is 0 Å². The van der Waals surface area contributed by atoms with Crippen LogP contribution in [-0.4, -0.2) is 40.4 Å². The number of rotatable bonds is 6. The molecule has 2 amide bonds. The van der Waals surface area contributed by atoms with Gasteiger partial charge in [0.1, 0.15) is 11.8 Å². The van der Waals surface area contributed by atoms with Crippen LogP contribution in [0.2, 0.25) is 0 Å². The van der Waals surface area contributed by atoms with Gasteiger partial charge < -0.3 is 15.0 Å². The van der Waals surface area contributed by atoms with Gasteiger partial charge in [0.25, 0.3) is 11.8 Å². The highest BCUT2D eigenvalue weighted by Crippen LogP contribution is 2.25. The summed E-state index contributed by atoms with van der Waals surface area (Å²) in [5.74, 6) is 0.188. The van der Waals surface area contributed by atoms with Crippen molar-refractivity contribution in [3.63, 3.8) is 0 Å². The fraction of sp³-hybridized carbons (Fsp3) is 0.160. The molecule has 1 aliphatic heterocycles. The van der Waals surface area contributed by atoms with Crippen molar-refractivity contribution in [3.8, 4) is 5.75 Å². The zero-order valence-electron chi connectivity index (χ0n) is 17.3. The molecular weight excluding hydrogens is 424 g/mol. The van der Waals surface area contributed by atoms with Crippen LogP contribution in [0.1, 0.15) is 26.3 Å². The van der Waals surface area contributed by atoms with Crippen molar-refractivity contribution in [2.75, 3.05) is 11.6 Å². The second-order valence-electron chi connectivity index (χ2n) is 7.27. The Morgan fingerprint density at radius 1 is 0.906 bits per heavy atom. The number of thioether (sulfide) groups is 1. The van der Waals surface area contributed by atoms with Crippen LogP contribution in [0.15, 0.2) is 84.9 Å². The second kappa shape index (κ2) is 10.2. The van der Waals surface area contributed by atoms with E-state index in [0.717, 1.165) is 5.56 Å². The SMILES string of the molecule is O=C(NCc1ccccc1)c1cccc(OC(=O)[C@@H]2CSCN2C(=O)c2ccccc2)c1. The molecular formula is C25H22N2O4S. The molecule has 0 spiro atoms. The zero-order chi connectivity index (χ0) is 22.3. The largest absolute Gasteiger partial charge is 0.425 e. The van der Waals surface area contributed by atoms with Gasteiger partial charge in [-0.3, -0.25) is 9.59 Å². The molecule has 0 unspecified atom stereocenters. The topological polar surface area (TPSA) is 75.7 Å². The summed E-state index contributed by atoms with van der Waals surface area (Å²) >= 11 is 1.50. The fourth-order valence-electron chi connectivity index (χ4n) is 3.35. The first kappa shape index (κ1) is 21.6. The van der Waals surface area contributed by atoms with Crippen LogP contribution in [0.4, 0.5) is 0 Å². The van der Waals surface area contributed by atoms with Crippen LogP contribution in [0.3, 0.4) is 0 Å². The van der Waals surface area contributed by atoms with E-state index in [1.54, 1.807) is 42.5 Å². The lowest BCUT2D eigenvalue weighted by atomic mass is 10.1. The van der Waals surface area contributed by atoms with Gasteiger partial charge in [-0.05, 0) is 35.9 Å². The summed E-state index contributed by atoms with van der Waals surface area (Å²) in [4.78, 5) is 39.7. The van der Waals surface area contributed by atoms with Gasteiger partial charge in [0.2, 0.25) is 0 Å². The minimum absolute atomic E-state index is 0.202. The third-order valence-electron chi connectivity index (χ3n) is 5.05. The molecule has 3 aromatic rings. The molecule has 162 valence electrons. The molecule has 7 heteroatoms. The molecule has 1 saturated heterocycles.